The number of anilines is 1. The Hall–Kier alpha value is -3.06. The van der Waals surface area contributed by atoms with Crippen molar-refractivity contribution in [3.05, 3.63) is 87.9 Å². The Bertz CT molecular complexity index is 1440. The summed E-state index contributed by atoms with van der Waals surface area (Å²) in [5.74, 6) is 2.50. The second-order valence-electron chi connectivity index (χ2n) is 12.8. The molecule has 3 aromatic rings. The second-order valence-corrected chi connectivity index (χ2v) is 13.2. The van der Waals surface area contributed by atoms with Gasteiger partial charge in [0.25, 0.3) is 0 Å². The minimum atomic E-state index is -0.931. The molecule has 2 bridgehead atoms. The van der Waals surface area contributed by atoms with Gasteiger partial charge in [-0.3, -0.25) is 4.79 Å². The Balaban J connectivity index is 1.39. The number of piperidine rings is 1. The van der Waals surface area contributed by atoms with Crippen LogP contribution in [0.15, 0.2) is 60.7 Å². The van der Waals surface area contributed by atoms with E-state index in [1.165, 1.54) is 12.8 Å². The van der Waals surface area contributed by atoms with E-state index >= 15 is 0 Å². The summed E-state index contributed by atoms with van der Waals surface area (Å²) in [4.78, 5) is 18.2. The molecule has 42 heavy (non-hydrogen) atoms. The number of rotatable bonds is 7. The molecular weight excluding hydrogens is 548 g/mol. The van der Waals surface area contributed by atoms with E-state index in [4.69, 9.17) is 21.1 Å². The molecule has 1 saturated carbocycles. The normalized spacial score (nSPS) is 25.3. The third-order valence-corrected chi connectivity index (χ3v) is 9.78. The lowest BCUT2D eigenvalue weighted by molar-refractivity contribution is -0.118. The number of nitrogens with zero attached hydrogens (tertiary/aromatic N) is 2. The highest BCUT2D eigenvalue weighted by atomic mass is 35.5. The highest BCUT2D eigenvalue weighted by molar-refractivity contribution is 6.30. The van der Waals surface area contributed by atoms with Gasteiger partial charge >= 0.3 is 0 Å². The molecule has 1 aliphatic carbocycles. The number of amides is 1. The van der Waals surface area contributed by atoms with Crippen LogP contribution in [0, 0.1) is 17.8 Å². The van der Waals surface area contributed by atoms with Gasteiger partial charge in [0, 0.05) is 23.8 Å². The molecule has 6 rings (SSSR count). The van der Waals surface area contributed by atoms with Crippen molar-refractivity contribution in [3.63, 3.8) is 0 Å². The molecule has 6 nitrogen and oxygen atoms in total. The van der Waals surface area contributed by atoms with Crippen LogP contribution >= 0.6 is 11.6 Å². The van der Waals surface area contributed by atoms with Crippen molar-refractivity contribution in [2.75, 3.05) is 32.1 Å². The number of carbonyl (C=O) groups is 1. The minimum Gasteiger partial charge on any atom is -0.493 e. The molecule has 1 saturated heterocycles. The lowest BCUT2D eigenvalue weighted by atomic mass is 9.71. The molecule has 3 aliphatic rings. The van der Waals surface area contributed by atoms with Gasteiger partial charge in [0.2, 0.25) is 5.91 Å². The molecule has 4 atom stereocenters. The van der Waals surface area contributed by atoms with Gasteiger partial charge in [0.1, 0.15) is 0 Å². The smallest absolute Gasteiger partial charge is 0.232 e. The number of hydrogen-bond donors (Lipinski definition) is 1. The molecular formula is C35H41ClN2O4. The summed E-state index contributed by atoms with van der Waals surface area (Å²) in [6, 6.07) is 19.2. The van der Waals surface area contributed by atoms with Crippen molar-refractivity contribution >= 4 is 23.2 Å². The Morgan fingerprint density at radius 2 is 1.62 bits per heavy atom. The van der Waals surface area contributed by atoms with Gasteiger partial charge in [-0.05, 0) is 117 Å². The van der Waals surface area contributed by atoms with Crippen LogP contribution in [-0.4, -0.2) is 49.3 Å². The molecule has 0 radical (unpaired) electrons. The quantitative estimate of drug-likeness (QED) is 0.336. The van der Waals surface area contributed by atoms with E-state index in [1.54, 1.807) is 7.11 Å². The monoisotopic (exact) mass is 588 g/mol. The number of aliphatic hydroxyl groups is 1. The van der Waals surface area contributed by atoms with E-state index in [-0.39, 0.29) is 30.4 Å². The summed E-state index contributed by atoms with van der Waals surface area (Å²) in [7, 11) is 3.81. The van der Waals surface area contributed by atoms with Crippen molar-refractivity contribution in [1.82, 2.24) is 4.90 Å². The SMILES string of the molecule is COc1cc2c(cc1OC(C)C)C(c1ccc(Cl)cc1)N(c1ccc(C(C)(O)C3C4CCC3CN(C)C4)cc1)C(=O)C2. The Kier molecular flexibility index (Phi) is 7.75. The highest BCUT2D eigenvalue weighted by Crippen LogP contribution is 2.51. The standard InChI is InChI=1S/C35H41ClN2O4/c1-21(2)42-31-18-29-25(16-30(31)41-5)17-32(39)38(34(29)22-8-12-27(36)13-9-22)28-14-10-26(11-15-28)35(3,40)33-23-6-7-24(33)20-37(4)19-23/h8-16,18,21,23-24,33-34,40H,6-7,17,19-20H2,1-5H3. The first-order valence-electron chi connectivity index (χ1n) is 15.0. The first-order chi connectivity index (χ1) is 20.1. The van der Waals surface area contributed by atoms with Gasteiger partial charge in [-0.2, -0.15) is 0 Å². The maximum atomic E-state index is 13.9. The van der Waals surface area contributed by atoms with Crippen molar-refractivity contribution in [2.45, 2.75) is 57.8 Å². The maximum absolute atomic E-state index is 13.9. The Morgan fingerprint density at radius 1 is 0.976 bits per heavy atom. The van der Waals surface area contributed by atoms with Gasteiger partial charge in [-0.1, -0.05) is 35.9 Å². The summed E-state index contributed by atoms with van der Waals surface area (Å²) in [6.45, 7) is 8.02. The average Bonchev–Trinajstić information content (AvgIpc) is 3.24. The van der Waals surface area contributed by atoms with E-state index in [0.29, 0.717) is 28.4 Å². The lowest BCUT2D eigenvalue weighted by Gasteiger charge is -2.44. The van der Waals surface area contributed by atoms with Crippen LogP contribution in [0.1, 0.15) is 61.9 Å². The Labute approximate surface area is 254 Å². The second kappa shape index (κ2) is 11.2. The molecule has 1 N–H and O–H groups in total. The number of hydrogen-bond acceptors (Lipinski definition) is 5. The molecule has 222 valence electrons. The van der Waals surface area contributed by atoms with Crippen LogP contribution in [0.25, 0.3) is 0 Å². The Morgan fingerprint density at radius 3 is 2.21 bits per heavy atom. The highest BCUT2D eigenvalue weighted by Gasteiger charge is 2.50. The van der Waals surface area contributed by atoms with Crippen LogP contribution in [0.3, 0.4) is 0 Å². The lowest BCUT2D eigenvalue weighted by Crippen LogP contribution is -2.48. The number of benzene rings is 3. The third kappa shape index (κ3) is 5.18. The topological polar surface area (TPSA) is 62.2 Å². The van der Waals surface area contributed by atoms with E-state index in [2.05, 4.69) is 11.9 Å². The summed E-state index contributed by atoms with van der Waals surface area (Å²) in [6.07, 6.45) is 2.56. The summed E-state index contributed by atoms with van der Waals surface area (Å²) in [5, 5.41) is 12.6. The van der Waals surface area contributed by atoms with Crippen LogP contribution < -0.4 is 14.4 Å². The first-order valence-corrected chi connectivity index (χ1v) is 15.4. The number of halogens is 1. The van der Waals surface area contributed by atoms with Crippen LogP contribution in [-0.2, 0) is 16.8 Å². The fourth-order valence-electron chi connectivity index (χ4n) is 7.86. The molecule has 4 unspecified atom stereocenters. The first kappa shape index (κ1) is 29.0. The van der Waals surface area contributed by atoms with E-state index in [1.807, 2.05) is 86.3 Å². The minimum absolute atomic E-state index is 0.00472. The van der Waals surface area contributed by atoms with Gasteiger partial charge < -0.3 is 24.4 Å². The summed E-state index contributed by atoms with van der Waals surface area (Å²) in [5.41, 5.74) is 3.63. The molecule has 2 heterocycles. The van der Waals surface area contributed by atoms with E-state index in [9.17, 15) is 9.90 Å². The molecule has 7 heteroatoms. The van der Waals surface area contributed by atoms with Crippen LogP contribution in [0.5, 0.6) is 11.5 Å². The summed E-state index contributed by atoms with van der Waals surface area (Å²) < 4.78 is 11.8. The molecule has 2 fully saturated rings. The zero-order valence-electron chi connectivity index (χ0n) is 25.1. The predicted octanol–water partition coefficient (Wildman–Crippen LogP) is 6.61. The predicted molar refractivity (Wildman–Crippen MR) is 166 cm³/mol. The van der Waals surface area contributed by atoms with Gasteiger partial charge in [0.15, 0.2) is 11.5 Å². The van der Waals surface area contributed by atoms with Gasteiger partial charge in [-0.25, -0.2) is 0 Å². The molecule has 0 spiro atoms. The van der Waals surface area contributed by atoms with E-state index in [0.717, 1.165) is 41.0 Å². The average molecular weight is 589 g/mol. The third-order valence-electron chi connectivity index (χ3n) is 9.53. The van der Waals surface area contributed by atoms with Crippen molar-refractivity contribution in [2.24, 2.45) is 17.8 Å². The molecule has 1 amide bonds. The molecule has 3 aromatic carbocycles. The number of carbonyl (C=O) groups excluding carboxylic acids is 1. The zero-order chi connectivity index (χ0) is 29.8. The van der Waals surface area contributed by atoms with Crippen molar-refractivity contribution in [1.29, 1.82) is 0 Å². The van der Waals surface area contributed by atoms with Crippen molar-refractivity contribution < 1.29 is 19.4 Å². The van der Waals surface area contributed by atoms with E-state index < -0.39 is 5.60 Å². The molecule has 2 aliphatic heterocycles. The number of fused-ring (bicyclic) bond motifs is 3. The van der Waals surface area contributed by atoms with Gasteiger partial charge in [-0.15, -0.1) is 0 Å². The van der Waals surface area contributed by atoms with Crippen LogP contribution in [0.2, 0.25) is 5.02 Å². The van der Waals surface area contributed by atoms with Crippen LogP contribution in [0.4, 0.5) is 5.69 Å². The maximum Gasteiger partial charge on any atom is 0.232 e. The largest absolute Gasteiger partial charge is 0.493 e. The number of ether oxygens (including phenoxy) is 2. The zero-order valence-corrected chi connectivity index (χ0v) is 25.9. The number of methoxy groups -OCH3 is 1. The molecule has 0 aromatic heterocycles. The fourth-order valence-corrected chi connectivity index (χ4v) is 7.98. The summed E-state index contributed by atoms with van der Waals surface area (Å²) >= 11 is 6.27. The fraction of sp³-hybridized carbons (Fsp3) is 0.457. The van der Waals surface area contributed by atoms with Gasteiger partial charge in [0.05, 0.1) is 31.3 Å². The van der Waals surface area contributed by atoms with Crippen molar-refractivity contribution in [3.8, 4) is 11.5 Å². The number of likely N-dealkylation sites (tertiary alicyclic amines) is 1.